The molecule has 7 nitrogen and oxygen atoms in total. The van der Waals surface area contributed by atoms with Gasteiger partial charge in [0.15, 0.2) is 6.61 Å². The molecule has 1 heterocycles. The fourth-order valence-electron chi connectivity index (χ4n) is 3.37. The molecular weight excluding hydrogens is 360 g/mol. The molecule has 142 valence electrons. The van der Waals surface area contributed by atoms with Crippen molar-refractivity contribution in [3.63, 3.8) is 0 Å². The van der Waals surface area contributed by atoms with Crippen LogP contribution in [0.3, 0.4) is 0 Å². The van der Waals surface area contributed by atoms with Crippen LogP contribution in [0.25, 0.3) is 0 Å². The van der Waals surface area contributed by atoms with E-state index in [1.54, 1.807) is 29.2 Å². The Morgan fingerprint density at radius 2 is 2.00 bits per heavy atom. The number of nitrogens with zero attached hydrogens (tertiary/aromatic N) is 1. The lowest BCUT2D eigenvalue weighted by Gasteiger charge is -2.29. The van der Waals surface area contributed by atoms with Crippen molar-refractivity contribution in [2.45, 2.75) is 25.0 Å². The lowest BCUT2D eigenvalue weighted by atomic mass is 10.1. The average Bonchev–Trinajstić information content (AvgIpc) is 3.01. The van der Waals surface area contributed by atoms with Gasteiger partial charge >= 0.3 is 0 Å². The summed E-state index contributed by atoms with van der Waals surface area (Å²) in [7, 11) is 0. The normalized spacial score (nSPS) is 25.8. The molecule has 1 aliphatic heterocycles. The van der Waals surface area contributed by atoms with E-state index in [4.69, 9.17) is 21.1 Å². The number of benzene rings is 1. The van der Waals surface area contributed by atoms with Crippen molar-refractivity contribution < 1.29 is 24.2 Å². The van der Waals surface area contributed by atoms with Crippen molar-refractivity contribution in [3.8, 4) is 5.75 Å². The molecule has 1 saturated carbocycles. The number of ether oxygens (including phenoxy) is 2. The number of halogens is 1. The monoisotopic (exact) mass is 382 g/mol. The first-order valence-electron chi connectivity index (χ1n) is 8.76. The van der Waals surface area contributed by atoms with Crippen LogP contribution in [0.4, 0.5) is 0 Å². The van der Waals surface area contributed by atoms with Gasteiger partial charge in [0.05, 0.1) is 30.4 Å². The molecule has 1 aliphatic carbocycles. The van der Waals surface area contributed by atoms with E-state index in [-0.39, 0.29) is 24.3 Å². The van der Waals surface area contributed by atoms with Crippen LogP contribution in [0.1, 0.15) is 12.8 Å². The first-order chi connectivity index (χ1) is 12.5. The summed E-state index contributed by atoms with van der Waals surface area (Å²) in [6, 6.07) is 6.44. The van der Waals surface area contributed by atoms with Gasteiger partial charge in [0.1, 0.15) is 5.75 Å². The van der Waals surface area contributed by atoms with Gasteiger partial charge in [0.2, 0.25) is 5.91 Å². The third-order valence-corrected chi connectivity index (χ3v) is 5.05. The zero-order valence-electron chi connectivity index (χ0n) is 14.4. The Morgan fingerprint density at radius 3 is 2.73 bits per heavy atom. The van der Waals surface area contributed by atoms with Crippen molar-refractivity contribution in [2.24, 2.45) is 5.92 Å². The van der Waals surface area contributed by atoms with Gasteiger partial charge in [-0.25, -0.2) is 0 Å². The summed E-state index contributed by atoms with van der Waals surface area (Å²) in [5.41, 5.74) is 0. The van der Waals surface area contributed by atoms with E-state index >= 15 is 0 Å². The number of hydrogen-bond donors (Lipinski definition) is 2. The van der Waals surface area contributed by atoms with Crippen molar-refractivity contribution in [1.29, 1.82) is 0 Å². The van der Waals surface area contributed by atoms with Crippen molar-refractivity contribution in [1.82, 2.24) is 10.2 Å². The zero-order chi connectivity index (χ0) is 18.5. The number of morpholine rings is 1. The van der Waals surface area contributed by atoms with E-state index in [9.17, 15) is 14.7 Å². The molecule has 2 amide bonds. The second-order valence-electron chi connectivity index (χ2n) is 6.57. The smallest absolute Gasteiger partial charge is 0.258 e. The van der Waals surface area contributed by atoms with Gasteiger partial charge in [0.25, 0.3) is 5.91 Å². The Bertz CT molecular complexity index is 650. The van der Waals surface area contributed by atoms with Crippen LogP contribution < -0.4 is 10.1 Å². The largest absolute Gasteiger partial charge is 0.482 e. The number of rotatable bonds is 5. The number of aliphatic hydroxyl groups excluding tert-OH is 1. The first-order valence-corrected chi connectivity index (χ1v) is 9.13. The summed E-state index contributed by atoms with van der Waals surface area (Å²) >= 11 is 5.98. The Hall–Kier alpha value is -1.83. The van der Waals surface area contributed by atoms with Gasteiger partial charge in [-0.1, -0.05) is 23.7 Å². The summed E-state index contributed by atoms with van der Waals surface area (Å²) in [5.74, 6) is -0.181. The highest BCUT2D eigenvalue weighted by Gasteiger charge is 2.39. The van der Waals surface area contributed by atoms with Gasteiger partial charge in [-0.2, -0.15) is 0 Å². The first kappa shape index (κ1) is 18.9. The summed E-state index contributed by atoms with van der Waals surface area (Å²) in [5, 5.41) is 13.4. The standard InChI is InChI=1S/C18H23ClN2O5/c19-13-3-1-2-4-16(13)26-11-17(23)20-14-9-12(10-15(14)22)18(24)21-5-7-25-8-6-21/h1-4,12,14-15,22H,5-11H2,(H,20,23)/t12-,14+,15+/m0/s1. The average molecular weight is 383 g/mol. The molecule has 0 bridgehead atoms. The van der Waals surface area contributed by atoms with Crippen LogP contribution >= 0.6 is 11.6 Å². The number of amides is 2. The predicted molar refractivity (Wildman–Crippen MR) is 95.0 cm³/mol. The third-order valence-electron chi connectivity index (χ3n) is 4.74. The summed E-state index contributed by atoms with van der Waals surface area (Å²) in [6.07, 6.45) is 0.0380. The Morgan fingerprint density at radius 1 is 1.27 bits per heavy atom. The zero-order valence-corrected chi connectivity index (χ0v) is 15.2. The predicted octanol–water partition coefficient (Wildman–Crippen LogP) is 0.833. The molecule has 8 heteroatoms. The van der Waals surface area contributed by atoms with Gasteiger partial charge in [-0.15, -0.1) is 0 Å². The lowest BCUT2D eigenvalue weighted by Crippen LogP contribution is -2.44. The topological polar surface area (TPSA) is 88.1 Å². The molecule has 2 aliphatic rings. The number of aliphatic hydroxyl groups is 1. The quantitative estimate of drug-likeness (QED) is 0.787. The van der Waals surface area contributed by atoms with E-state index in [0.717, 1.165) is 0 Å². The molecule has 2 fully saturated rings. The minimum absolute atomic E-state index is 0.0245. The van der Waals surface area contributed by atoms with Crippen LogP contribution in [-0.4, -0.2) is 66.9 Å². The second kappa shape index (κ2) is 8.70. The maximum absolute atomic E-state index is 12.5. The summed E-state index contributed by atoms with van der Waals surface area (Å²) in [4.78, 5) is 26.4. The lowest BCUT2D eigenvalue weighted by molar-refractivity contribution is -0.139. The molecular formula is C18H23ClN2O5. The van der Waals surface area contributed by atoms with E-state index in [1.165, 1.54) is 0 Å². The fraction of sp³-hybridized carbons (Fsp3) is 0.556. The Labute approximate surface area is 157 Å². The Balaban J connectivity index is 1.48. The van der Waals surface area contributed by atoms with Crippen LogP contribution in [0.15, 0.2) is 24.3 Å². The van der Waals surface area contributed by atoms with Gasteiger partial charge in [0, 0.05) is 19.0 Å². The number of hydrogen-bond acceptors (Lipinski definition) is 5. The summed E-state index contributed by atoms with van der Waals surface area (Å²) < 4.78 is 10.7. The van der Waals surface area contributed by atoms with Crippen molar-refractivity contribution >= 4 is 23.4 Å². The number of carbonyl (C=O) groups excluding carboxylic acids is 2. The molecule has 0 spiro atoms. The second-order valence-corrected chi connectivity index (χ2v) is 6.97. The van der Waals surface area contributed by atoms with Crippen molar-refractivity contribution in [2.75, 3.05) is 32.9 Å². The number of para-hydroxylation sites is 1. The minimum Gasteiger partial charge on any atom is -0.482 e. The molecule has 3 rings (SSSR count). The van der Waals surface area contributed by atoms with Crippen LogP contribution in [0.5, 0.6) is 5.75 Å². The van der Waals surface area contributed by atoms with Crippen LogP contribution in [-0.2, 0) is 14.3 Å². The molecule has 26 heavy (non-hydrogen) atoms. The highest BCUT2D eigenvalue weighted by Crippen LogP contribution is 2.28. The fourth-order valence-corrected chi connectivity index (χ4v) is 3.56. The maximum Gasteiger partial charge on any atom is 0.258 e. The van der Waals surface area contributed by atoms with E-state index in [2.05, 4.69) is 5.32 Å². The molecule has 0 unspecified atom stereocenters. The molecule has 0 radical (unpaired) electrons. The minimum atomic E-state index is -0.741. The molecule has 0 aromatic heterocycles. The molecule has 1 saturated heterocycles. The van der Waals surface area contributed by atoms with E-state index in [1.807, 2.05) is 0 Å². The molecule has 1 aromatic carbocycles. The van der Waals surface area contributed by atoms with Gasteiger partial charge in [-0.05, 0) is 25.0 Å². The summed E-state index contributed by atoms with van der Waals surface area (Å²) in [6.45, 7) is 2.04. The number of nitrogens with one attached hydrogen (secondary N) is 1. The van der Waals surface area contributed by atoms with E-state index < -0.39 is 12.1 Å². The SMILES string of the molecule is O=C(COc1ccccc1Cl)N[C@@H]1C[C@H](C(=O)N2CCOCC2)C[C@H]1O. The van der Waals surface area contributed by atoms with Crippen LogP contribution in [0, 0.1) is 5.92 Å². The molecule has 2 N–H and O–H groups in total. The molecule has 3 atom stereocenters. The highest BCUT2D eigenvalue weighted by atomic mass is 35.5. The number of carbonyl (C=O) groups is 2. The van der Waals surface area contributed by atoms with Gasteiger partial charge < -0.3 is 24.8 Å². The van der Waals surface area contributed by atoms with Crippen molar-refractivity contribution in [3.05, 3.63) is 29.3 Å². The Kier molecular flexibility index (Phi) is 6.34. The van der Waals surface area contributed by atoms with Crippen LogP contribution in [0.2, 0.25) is 5.02 Å². The van der Waals surface area contributed by atoms with E-state index in [0.29, 0.717) is 49.9 Å². The molecule has 1 aromatic rings. The van der Waals surface area contributed by atoms with Gasteiger partial charge in [-0.3, -0.25) is 9.59 Å². The maximum atomic E-state index is 12.5. The third kappa shape index (κ3) is 4.66. The highest BCUT2D eigenvalue weighted by molar-refractivity contribution is 6.32.